The Morgan fingerprint density at radius 1 is 1.40 bits per heavy atom. The average Bonchev–Trinajstić information content (AvgIpc) is 2.43. The summed E-state index contributed by atoms with van der Waals surface area (Å²) in [5, 5.41) is 0.765. The molecule has 2 aromatic rings. The fourth-order valence-electron chi connectivity index (χ4n) is 2.04. The van der Waals surface area contributed by atoms with Gasteiger partial charge in [0.2, 0.25) is 0 Å². The van der Waals surface area contributed by atoms with Crippen LogP contribution in [0.1, 0.15) is 18.6 Å². The molecule has 1 aromatic heterocycles. The number of thiol groups is 1. The van der Waals surface area contributed by atoms with Crippen LogP contribution in [0.25, 0.3) is 10.9 Å². The van der Waals surface area contributed by atoms with E-state index >= 15 is 0 Å². The second kappa shape index (κ2) is 6.62. The third kappa shape index (κ3) is 3.35. The number of carbonyl (C=O) groups excluding carboxylic acids is 1. The van der Waals surface area contributed by atoms with Gasteiger partial charge in [0, 0.05) is 22.4 Å². The zero-order chi connectivity index (χ0) is 14.7. The third-order valence-corrected chi connectivity index (χ3v) is 3.47. The molecular weight excluding hydrogens is 389 g/mol. The minimum absolute atomic E-state index is 0.134. The summed E-state index contributed by atoms with van der Waals surface area (Å²) in [6.45, 7) is 1.89. The zero-order valence-corrected chi connectivity index (χ0v) is 14.1. The average molecular weight is 403 g/mol. The number of nitrogens with zero attached hydrogens (tertiary/aromatic N) is 1. The van der Waals surface area contributed by atoms with E-state index in [2.05, 4.69) is 17.6 Å². The van der Waals surface area contributed by atoms with Gasteiger partial charge in [0.1, 0.15) is 11.9 Å². The van der Waals surface area contributed by atoms with Crippen molar-refractivity contribution in [3.63, 3.8) is 0 Å². The van der Waals surface area contributed by atoms with Crippen LogP contribution in [0.4, 0.5) is 4.79 Å². The van der Waals surface area contributed by atoms with Crippen molar-refractivity contribution in [2.45, 2.75) is 18.3 Å². The molecule has 0 bridgehead atoms. The molecule has 2 rings (SSSR count). The van der Waals surface area contributed by atoms with Crippen LogP contribution in [0.15, 0.2) is 30.5 Å². The van der Waals surface area contributed by atoms with Gasteiger partial charge in [-0.1, -0.05) is 0 Å². The number of ether oxygens (including phenoxy) is 2. The van der Waals surface area contributed by atoms with Crippen LogP contribution in [0, 0.1) is 0 Å². The first kappa shape index (κ1) is 15.4. The molecule has 20 heavy (non-hydrogen) atoms. The van der Waals surface area contributed by atoms with E-state index in [0.29, 0.717) is 0 Å². The first-order chi connectivity index (χ1) is 9.52. The Labute approximate surface area is 136 Å². The van der Waals surface area contributed by atoms with Crippen LogP contribution in [0.2, 0.25) is 0 Å². The Kier molecular flexibility index (Phi) is 5.09. The zero-order valence-electron chi connectivity index (χ0n) is 11.0. The number of aromatic nitrogens is 1. The number of hydrogen-bond acceptors (Lipinski definition) is 5. The number of hydrogen-bond donors (Lipinski definition) is 1. The molecule has 0 aliphatic heterocycles. The number of carbonyl (C=O) groups is 1. The number of halogens is 1. The molecule has 0 fully saturated rings. The number of pyridine rings is 1. The fraction of sp³-hybridized carbons (Fsp3) is 0.286. The van der Waals surface area contributed by atoms with E-state index in [1.807, 2.05) is 31.2 Å². The predicted molar refractivity (Wildman–Crippen MR) is 90.0 cm³/mol. The van der Waals surface area contributed by atoms with Crippen molar-refractivity contribution in [1.29, 1.82) is 0 Å². The van der Waals surface area contributed by atoms with Gasteiger partial charge in [0.25, 0.3) is 0 Å². The van der Waals surface area contributed by atoms with Gasteiger partial charge < -0.3 is 9.47 Å². The van der Waals surface area contributed by atoms with Crippen molar-refractivity contribution in [1.82, 2.24) is 4.98 Å². The van der Waals surface area contributed by atoms with Crippen molar-refractivity contribution in [3.05, 3.63) is 36.0 Å². The molecule has 0 radical (unpaired) electrons. The highest BCUT2D eigenvalue weighted by atomic mass is 127. The summed E-state index contributed by atoms with van der Waals surface area (Å²) >= 11 is 6.04. The van der Waals surface area contributed by atoms with Gasteiger partial charge in [-0.2, -0.15) is 12.6 Å². The van der Waals surface area contributed by atoms with E-state index in [4.69, 9.17) is 9.47 Å². The summed E-state index contributed by atoms with van der Waals surface area (Å²) in [7, 11) is 1.61. The van der Waals surface area contributed by atoms with Gasteiger partial charge in [-0.05, 0) is 31.2 Å². The summed E-state index contributed by atoms with van der Waals surface area (Å²) in [6.07, 6.45) is 1.27. The molecule has 1 unspecified atom stereocenters. The van der Waals surface area contributed by atoms with Gasteiger partial charge in [-0.15, -0.1) is 0 Å². The standard InChI is InChI=1S/C14H14INO3S/c1-8(20)13(19-14(15)17)10-5-6-16-12-4-3-9(18-2)7-11(10)12/h3-8,13,20H,1-2H3/t8-,13?/m0/s1. The molecule has 0 saturated carbocycles. The molecule has 0 spiro atoms. The Balaban J connectivity index is 2.58. The number of methoxy groups -OCH3 is 1. The fourth-order valence-corrected chi connectivity index (χ4v) is 2.54. The topological polar surface area (TPSA) is 48.4 Å². The maximum absolute atomic E-state index is 11.3. The molecule has 2 atom stereocenters. The summed E-state index contributed by atoms with van der Waals surface area (Å²) < 4.78 is 10.3. The molecule has 6 heteroatoms. The van der Waals surface area contributed by atoms with E-state index in [0.717, 1.165) is 22.2 Å². The van der Waals surface area contributed by atoms with Crippen LogP contribution < -0.4 is 4.74 Å². The van der Waals surface area contributed by atoms with Crippen molar-refractivity contribution < 1.29 is 14.3 Å². The lowest BCUT2D eigenvalue weighted by atomic mass is 10.0. The summed E-state index contributed by atoms with van der Waals surface area (Å²) in [5.41, 5.74) is 1.70. The largest absolute Gasteiger partial charge is 0.497 e. The van der Waals surface area contributed by atoms with Gasteiger partial charge in [-0.3, -0.25) is 4.98 Å². The summed E-state index contributed by atoms with van der Waals surface area (Å²) in [6, 6.07) is 7.47. The molecular formula is C14H14INO3S. The van der Waals surface area contributed by atoms with Crippen LogP contribution in [-0.2, 0) is 4.74 Å². The highest BCUT2D eigenvalue weighted by Crippen LogP contribution is 2.32. The van der Waals surface area contributed by atoms with Crippen LogP contribution in [0.3, 0.4) is 0 Å². The normalized spacial score (nSPS) is 13.8. The first-order valence-electron chi connectivity index (χ1n) is 5.99. The van der Waals surface area contributed by atoms with Gasteiger partial charge in [0.05, 0.1) is 35.2 Å². The van der Waals surface area contributed by atoms with E-state index in [1.54, 1.807) is 35.9 Å². The van der Waals surface area contributed by atoms with Crippen molar-refractivity contribution in [3.8, 4) is 5.75 Å². The lowest BCUT2D eigenvalue weighted by molar-refractivity contribution is 0.128. The minimum atomic E-state index is -0.430. The second-order valence-corrected chi connectivity index (χ2v) is 6.00. The van der Waals surface area contributed by atoms with Gasteiger partial charge in [0.15, 0.2) is 0 Å². The summed E-state index contributed by atoms with van der Waals surface area (Å²) in [4.78, 5) is 15.6. The monoisotopic (exact) mass is 403 g/mol. The van der Waals surface area contributed by atoms with Gasteiger partial charge >= 0.3 is 3.98 Å². The van der Waals surface area contributed by atoms with E-state index in [9.17, 15) is 4.79 Å². The molecule has 1 heterocycles. The quantitative estimate of drug-likeness (QED) is 0.473. The Morgan fingerprint density at radius 3 is 2.75 bits per heavy atom. The lowest BCUT2D eigenvalue weighted by Crippen LogP contribution is -2.15. The molecule has 0 N–H and O–H groups in total. The molecule has 106 valence electrons. The molecule has 4 nitrogen and oxygen atoms in total. The van der Waals surface area contributed by atoms with Gasteiger partial charge in [-0.25, -0.2) is 4.79 Å². The minimum Gasteiger partial charge on any atom is -0.497 e. The smallest absolute Gasteiger partial charge is 0.367 e. The number of rotatable bonds is 4. The highest BCUT2D eigenvalue weighted by molar-refractivity contribution is 14.1. The Morgan fingerprint density at radius 2 is 2.15 bits per heavy atom. The maximum Gasteiger partial charge on any atom is 0.367 e. The van der Waals surface area contributed by atoms with Crippen molar-refractivity contribution in [2.24, 2.45) is 0 Å². The van der Waals surface area contributed by atoms with E-state index < -0.39 is 6.10 Å². The van der Waals surface area contributed by atoms with Crippen molar-refractivity contribution >= 4 is 50.1 Å². The van der Waals surface area contributed by atoms with E-state index in [1.165, 1.54) is 0 Å². The molecule has 0 aliphatic rings. The van der Waals surface area contributed by atoms with Crippen molar-refractivity contribution in [2.75, 3.05) is 7.11 Å². The second-order valence-electron chi connectivity index (χ2n) is 4.30. The number of benzene rings is 1. The van der Waals surface area contributed by atoms with Crippen LogP contribution >= 0.6 is 35.2 Å². The molecule has 1 aromatic carbocycles. The predicted octanol–water partition coefficient (Wildman–Crippen LogP) is 4.17. The SMILES string of the molecule is COc1ccc2nccc(C(OC(=O)I)[C@H](C)S)c2c1. The maximum atomic E-state index is 11.3. The molecule has 0 saturated heterocycles. The van der Waals surface area contributed by atoms with E-state index in [-0.39, 0.29) is 9.23 Å². The Hall–Kier alpha value is -1.02. The lowest BCUT2D eigenvalue weighted by Gasteiger charge is -2.21. The van der Waals surface area contributed by atoms with Crippen LogP contribution in [-0.4, -0.2) is 21.3 Å². The third-order valence-electron chi connectivity index (χ3n) is 2.95. The Bertz CT molecular complexity index is 633. The summed E-state index contributed by atoms with van der Waals surface area (Å²) in [5.74, 6) is 0.734. The first-order valence-corrected chi connectivity index (χ1v) is 7.59. The number of fused-ring (bicyclic) bond motifs is 1. The molecule has 0 amide bonds. The van der Waals surface area contributed by atoms with Crippen LogP contribution in [0.5, 0.6) is 5.75 Å². The molecule has 0 aliphatic carbocycles. The highest BCUT2D eigenvalue weighted by Gasteiger charge is 2.22.